The Labute approximate surface area is 152 Å². The van der Waals surface area contributed by atoms with Crippen LogP contribution in [0, 0.1) is 13.8 Å². The summed E-state index contributed by atoms with van der Waals surface area (Å²) in [5, 5.41) is 7.29. The quantitative estimate of drug-likeness (QED) is 0.801. The number of carbonyl (C=O) groups excluding carboxylic acids is 2. The van der Waals surface area contributed by atoms with Gasteiger partial charge in [-0.3, -0.25) is 19.2 Å². The van der Waals surface area contributed by atoms with Crippen LogP contribution in [0.3, 0.4) is 0 Å². The number of aryl methyl sites for hydroxylation is 3. The lowest BCUT2D eigenvalue weighted by Crippen LogP contribution is -2.41. The number of carbonyl (C=O) groups is 2. The van der Waals surface area contributed by atoms with E-state index in [0.29, 0.717) is 24.6 Å². The maximum absolute atomic E-state index is 12.3. The third kappa shape index (κ3) is 4.22. The summed E-state index contributed by atoms with van der Waals surface area (Å²) in [4.78, 5) is 26.1. The molecule has 1 aliphatic rings. The Balaban J connectivity index is 1.52. The topological polar surface area (TPSA) is 76.5 Å². The number of ether oxygens (including phenoxy) is 1. The number of benzene rings is 1. The third-order valence-corrected chi connectivity index (χ3v) is 4.30. The summed E-state index contributed by atoms with van der Waals surface area (Å²) in [6.45, 7) is 5.60. The van der Waals surface area contributed by atoms with Crippen molar-refractivity contribution in [1.29, 1.82) is 0 Å². The fourth-order valence-electron chi connectivity index (χ4n) is 3.05. The zero-order valence-electron chi connectivity index (χ0n) is 15.2. The van der Waals surface area contributed by atoms with Gasteiger partial charge in [0.2, 0.25) is 11.8 Å². The van der Waals surface area contributed by atoms with Crippen molar-refractivity contribution < 1.29 is 14.3 Å². The zero-order chi connectivity index (χ0) is 18.5. The van der Waals surface area contributed by atoms with Crippen LogP contribution in [-0.4, -0.2) is 41.3 Å². The Morgan fingerprint density at radius 2 is 2.12 bits per heavy atom. The van der Waals surface area contributed by atoms with Crippen molar-refractivity contribution in [3.05, 3.63) is 41.7 Å². The molecule has 0 atom stereocenters. The Morgan fingerprint density at radius 3 is 2.88 bits per heavy atom. The number of nitrogens with zero attached hydrogens (tertiary/aromatic N) is 3. The van der Waals surface area contributed by atoms with Gasteiger partial charge in [0.1, 0.15) is 12.3 Å². The molecule has 0 fully saturated rings. The van der Waals surface area contributed by atoms with Crippen molar-refractivity contribution in [2.45, 2.75) is 33.2 Å². The molecule has 1 aliphatic heterocycles. The molecule has 0 saturated carbocycles. The number of amides is 2. The fourth-order valence-corrected chi connectivity index (χ4v) is 3.05. The Kier molecular flexibility index (Phi) is 5.55. The minimum Gasteiger partial charge on any atom is -0.491 e. The van der Waals surface area contributed by atoms with Gasteiger partial charge in [-0.2, -0.15) is 5.10 Å². The molecule has 0 saturated heterocycles. The number of nitrogens with one attached hydrogen (secondary N) is 1. The molecule has 1 aromatic carbocycles. The van der Waals surface area contributed by atoms with Gasteiger partial charge in [0.15, 0.2) is 0 Å². The maximum atomic E-state index is 12.3. The van der Waals surface area contributed by atoms with Crippen LogP contribution in [-0.2, 0) is 16.1 Å². The minimum absolute atomic E-state index is 0.000881. The molecule has 7 heteroatoms. The molecule has 0 aliphatic carbocycles. The predicted octanol–water partition coefficient (Wildman–Crippen LogP) is 1.82. The van der Waals surface area contributed by atoms with Gasteiger partial charge in [0, 0.05) is 18.8 Å². The van der Waals surface area contributed by atoms with E-state index >= 15 is 0 Å². The van der Waals surface area contributed by atoms with Gasteiger partial charge in [-0.05, 0) is 38.5 Å². The molecule has 138 valence electrons. The van der Waals surface area contributed by atoms with Crippen molar-refractivity contribution in [1.82, 2.24) is 15.1 Å². The monoisotopic (exact) mass is 356 g/mol. The van der Waals surface area contributed by atoms with Crippen molar-refractivity contribution >= 4 is 17.5 Å². The van der Waals surface area contributed by atoms with Gasteiger partial charge in [0.05, 0.1) is 24.4 Å². The van der Waals surface area contributed by atoms with Crippen LogP contribution >= 0.6 is 0 Å². The number of hydrogen-bond acceptors (Lipinski definition) is 4. The van der Waals surface area contributed by atoms with Crippen molar-refractivity contribution in [2.75, 3.05) is 24.6 Å². The maximum Gasteiger partial charge on any atom is 0.240 e. The van der Waals surface area contributed by atoms with Crippen LogP contribution in [0.4, 0.5) is 5.69 Å². The highest BCUT2D eigenvalue weighted by atomic mass is 16.5. The molecule has 2 heterocycles. The van der Waals surface area contributed by atoms with E-state index in [1.165, 1.54) is 4.90 Å². The van der Waals surface area contributed by atoms with Gasteiger partial charge in [-0.15, -0.1) is 0 Å². The first-order valence-corrected chi connectivity index (χ1v) is 8.84. The molecule has 26 heavy (non-hydrogen) atoms. The third-order valence-electron chi connectivity index (χ3n) is 4.30. The molecule has 0 bridgehead atoms. The molecule has 3 rings (SSSR count). The van der Waals surface area contributed by atoms with Crippen LogP contribution in [0.5, 0.6) is 5.75 Å². The molecule has 2 amide bonds. The second-order valence-electron chi connectivity index (χ2n) is 6.40. The SMILES string of the molecule is Cc1cc(C)n(CCCNC(=O)CN2C(=O)CCOc3ccccc32)n1. The summed E-state index contributed by atoms with van der Waals surface area (Å²) in [7, 11) is 0. The number of rotatable bonds is 6. The molecule has 2 aromatic rings. The minimum atomic E-state index is -0.177. The van der Waals surface area contributed by atoms with Crippen LogP contribution in [0.1, 0.15) is 24.2 Å². The fraction of sp³-hybridized carbons (Fsp3) is 0.421. The summed E-state index contributed by atoms with van der Waals surface area (Å²) < 4.78 is 7.53. The van der Waals surface area contributed by atoms with Crippen LogP contribution in [0.2, 0.25) is 0 Å². The van der Waals surface area contributed by atoms with Gasteiger partial charge in [-0.25, -0.2) is 0 Å². The summed E-state index contributed by atoms with van der Waals surface area (Å²) in [6.07, 6.45) is 1.04. The van der Waals surface area contributed by atoms with E-state index in [4.69, 9.17) is 4.74 Å². The predicted molar refractivity (Wildman–Crippen MR) is 98.2 cm³/mol. The molecule has 0 spiro atoms. The number of aromatic nitrogens is 2. The number of para-hydroxylation sites is 2. The lowest BCUT2D eigenvalue weighted by molar-refractivity contribution is -0.123. The first kappa shape index (κ1) is 18.0. The van der Waals surface area contributed by atoms with Crippen molar-refractivity contribution in [3.8, 4) is 5.75 Å². The van der Waals surface area contributed by atoms with Crippen molar-refractivity contribution in [2.24, 2.45) is 0 Å². The van der Waals surface area contributed by atoms with Gasteiger partial charge in [-0.1, -0.05) is 12.1 Å². The second kappa shape index (κ2) is 8.03. The highest BCUT2D eigenvalue weighted by Gasteiger charge is 2.24. The normalized spacial score (nSPS) is 13.8. The highest BCUT2D eigenvalue weighted by molar-refractivity contribution is 6.00. The molecule has 1 aromatic heterocycles. The Morgan fingerprint density at radius 1 is 1.31 bits per heavy atom. The summed E-state index contributed by atoms with van der Waals surface area (Å²) in [5.41, 5.74) is 2.75. The zero-order valence-corrected chi connectivity index (χ0v) is 15.2. The van der Waals surface area contributed by atoms with E-state index in [9.17, 15) is 9.59 Å². The van der Waals surface area contributed by atoms with Crippen LogP contribution in [0.15, 0.2) is 30.3 Å². The summed E-state index contributed by atoms with van der Waals surface area (Å²) >= 11 is 0. The van der Waals surface area contributed by atoms with E-state index in [-0.39, 0.29) is 24.8 Å². The van der Waals surface area contributed by atoms with Crippen molar-refractivity contribution in [3.63, 3.8) is 0 Å². The first-order valence-electron chi connectivity index (χ1n) is 8.84. The molecular weight excluding hydrogens is 332 g/mol. The molecule has 1 N–H and O–H groups in total. The smallest absolute Gasteiger partial charge is 0.240 e. The number of anilines is 1. The van der Waals surface area contributed by atoms with Gasteiger partial charge < -0.3 is 10.1 Å². The molecule has 7 nitrogen and oxygen atoms in total. The lowest BCUT2D eigenvalue weighted by Gasteiger charge is -2.21. The molecule has 0 radical (unpaired) electrons. The Bertz CT molecular complexity index is 800. The van der Waals surface area contributed by atoms with Crippen LogP contribution in [0.25, 0.3) is 0 Å². The number of hydrogen-bond donors (Lipinski definition) is 1. The van der Waals surface area contributed by atoms with Crippen LogP contribution < -0.4 is 15.0 Å². The van der Waals surface area contributed by atoms with Gasteiger partial charge >= 0.3 is 0 Å². The van der Waals surface area contributed by atoms with E-state index in [1.54, 1.807) is 6.07 Å². The Hall–Kier alpha value is -2.83. The first-order chi connectivity index (χ1) is 12.5. The summed E-state index contributed by atoms with van der Waals surface area (Å²) in [5.74, 6) is 0.354. The van der Waals surface area contributed by atoms with E-state index in [1.807, 2.05) is 42.8 Å². The largest absolute Gasteiger partial charge is 0.491 e. The highest BCUT2D eigenvalue weighted by Crippen LogP contribution is 2.30. The summed E-state index contributed by atoms with van der Waals surface area (Å²) in [6, 6.07) is 9.33. The molecule has 0 unspecified atom stereocenters. The average Bonchev–Trinajstić information content (AvgIpc) is 2.85. The van der Waals surface area contributed by atoms with E-state index in [0.717, 1.165) is 24.4 Å². The average molecular weight is 356 g/mol. The standard InChI is InChI=1S/C19H24N4O3/c1-14-12-15(2)23(21-14)10-5-9-20-18(24)13-22-16-6-3-4-7-17(16)26-11-8-19(22)25/h3-4,6-7,12H,5,8-11,13H2,1-2H3,(H,20,24). The van der Waals surface area contributed by atoms with E-state index in [2.05, 4.69) is 10.4 Å². The van der Waals surface area contributed by atoms with E-state index < -0.39 is 0 Å². The molecular formula is C19H24N4O3. The van der Waals surface area contributed by atoms with Gasteiger partial charge in [0.25, 0.3) is 0 Å². The second-order valence-corrected chi connectivity index (χ2v) is 6.40. The lowest BCUT2D eigenvalue weighted by atomic mass is 10.2. The number of fused-ring (bicyclic) bond motifs is 1.